The summed E-state index contributed by atoms with van der Waals surface area (Å²) in [6.07, 6.45) is 7.28. The Labute approximate surface area is 150 Å². The second-order valence-corrected chi connectivity index (χ2v) is 6.21. The zero-order chi connectivity index (χ0) is 17.5. The van der Waals surface area contributed by atoms with Crippen LogP contribution >= 0.6 is 15.9 Å². The number of anilines is 1. The summed E-state index contributed by atoms with van der Waals surface area (Å²) in [6, 6.07) is 7.68. The Kier molecular flexibility index (Phi) is 6.37. The number of nitrogen functional groups attached to an aromatic ring is 1. The van der Waals surface area contributed by atoms with E-state index in [1.807, 2.05) is 25.1 Å². The molecule has 0 saturated heterocycles. The van der Waals surface area contributed by atoms with Gasteiger partial charge in [0, 0.05) is 41.2 Å². The van der Waals surface area contributed by atoms with Crippen LogP contribution in [0.25, 0.3) is 0 Å². The number of ether oxygens (including phenoxy) is 1. The van der Waals surface area contributed by atoms with E-state index in [2.05, 4.69) is 26.2 Å². The normalized spacial score (nSPS) is 16.0. The van der Waals surface area contributed by atoms with Crippen molar-refractivity contribution in [1.29, 1.82) is 0 Å². The first-order valence-corrected chi connectivity index (χ1v) is 8.25. The minimum Gasteiger partial charge on any atom is -0.496 e. The number of nitrogens with zero attached hydrogens (tertiary/aromatic N) is 1. The first kappa shape index (κ1) is 18.0. The average Bonchev–Trinajstić information content (AvgIpc) is 2.59. The van der Waals surface area contributed by atoms with E-state index in [-0.39, 0.29) is 11.8 Å². The molecule has 3 rings (SSSR count). The Morgan fingerprint density at radius 3 is 2.83 bits per heavy atom. The maximum atomic E-state index is 11.1. The van der Waals surface area contributed by atoms with Crippen LogP contribution in [-0.2, 0) is 4.79 Å². The van der Waals surface area contributed by atoms with Crippen LogP contribution in [0.4, 0.5) is 5.69 Å². The van der Waals surface area contributed by atoms with Crippen LogP contribution in [0.2, 0.25) is 0 Å². The molecule has 24 heavy (non-hydrogen) atoms. The molecule has 0 bridgehead atoms. The summed E-state index contributed by atoms with van der Waals surface area (Å²) in [5.41, 5.74) is 8.47. The minimum absolute atomic E-state index is 0.0891. The molecule has 126 valence electrons. The van der Waals surface area contributed by atoms with Gasteiger partial charge in [-0.2, -0.15) is 0 Å². The molecular weight excluding hydrogens is 370 g/mol. The number of pyridine rings is 1. The molecule has 0 aliphatic carbocycles. The van der Waals surface area contributed by atoms with Gasteiger partial charge in [0.05, 0.1) is 13.2 Å². The van der Waals surface area contributed by atoms with E-state index in [4.69, 9.17) is 10.5 Å². The lowest BCUT2D eigenvalue weighted by molar-refractivity contribution is -0.115. The van der Waals surface area contributed by atoms with Gasteiger partial charge in [-0.05, 0) is 52.2 Å². The zero-order valence-corrected chi connectivity index (χ0v) is 15.2. The summed E-state index contributed by atoms with van der Waals surface area (Å²) in [4.78, 5) is 15.1. The van der Waals surface area contributed by atoms with Crippen molar-refractivity contribution >= 4 is 27.4 Å². The van der Waals surface area contributed by atoms with Crippen molar-refractivity contribution in [3.63, 3.8) is 0 Å². The van der Waals surface area contributed by atoms with Gasteiger partial charge >= 0.3 is 0 Å². The lowest BCUT2D eigenvalue weighted by atomic mass is 10.0. The fraction of sp³-hybridized carbons (Fsp3) is 0.222. The highest BCUT2D eigenvalue weighted by Gasteiger charge is 2.16. The molecule has 6 heteroatoms. The van der Waals surface area contributed by atoms with Crippen molar-refractivity contribution in [2.75, 3.05) is 12.8 Å². The average molecular weight is 390 g/mol. The molecular formula is C18H20BrN3O2. The molecule has 0 fully saturated rings. The molecule has 3 N–H and O–H groups in total. The molecule has 0 spiro atoms. The Bertz CT molecular complexity index is 733. The van der Waals surface area contributed by atoms with Gasteiger partial charge in [-0.25, -0.2) is 0 Å². The standard InChI is InChI=1S/C10H10N2O.C8H10BrNO/c13-9-3-5-12-10(6-9)8-2-1-4-11-7-8;1-5-3-6(9)7(10)4-8(5)11-2/h1-5,7,10,12H,6H2;3-4H,10H2,1-2H3. The Morgan fingerprint density at radius 1 is 1.42 bits per heavy atom. The number of nitrogens with two attached hydrogens (primary N) is 1. The molecule has 0 amide bonds. The number of carbonyl (C=O) groups is 1. The summed E-state index contributed by atoms with van der Waals surface area (Å²) in [5, 5.41) is 3.12. The highest BCUT2D eigenvalue weighted by molar-refractivity contribution is 9.10. The molecule has 1 atom stereocenters. The number of rotatable bonds is 2. The number of benzene rings is 1. The highest BCUT2D eigenvalue weighted by atomic mass is 79.9. The van der Waals surface area contributed by atoms with Crippen LogP contribution in [0.5, 0.6) is 5.75 Å². The largest absolute Gasteiger partial charge is 0.496 e. The third kappa shape index (κ3) is 4.83. The molecule has 2 aromatic rings. The summed E-state index contributed by atoms with van der Waals surface area (Å²) >= 11 is 3.33. The Balaban J connectivity index is 0.000000177. The molecule has 1 aromatic heterocycles. The number of hydrogen-bond acceptors (Lipinski definition) is 5. The smallest absolute Gasteiger partial charge is 0.159 e. The van der Waals surface area contributed by atoms with Crippen molar-refractivity contribution in [1.82, 2.24) is 10.3 Å². The molecule has 0 radical (unpaired) electrons. The molecule has 5 nitrogen and oxygen atoms in total. The van der Waals surface area contributed by atoms with Crippen LogP contribution < -0.4 is 15.8 Å². The van der Waals surface area contributed by atoms with Gasteiger partial charge in [-0.3, -0.25) is 9.78 Å². The molecule has 1 aliphatic heterocycles. The molecule has 2 heterocycles. The SMILES string of the molecule is COc1cc(N)c(Br)cc1C.O=C1C=CNC(c2cccnc2)C1. The van der Waals surface area contributed by atoms with Crippen molar-refractivity contribution in [3.05, 3.63) is 64.5 Å². The van der Waals surface area contributed by atoms with E-state index in [0.717, 1.165) is 21.3 Å². The van der Waals surface area contributed by atoms with E-state index in [1.165, 1.54) is 0 Å². The molecule has 1 aliphatic rings. The van der Waals surface area contributed by atoms with Crippen LogP contribution in [0.15, 0.2) is 53.4 Å². The van der Waals surface area contributed by atoms with Gasteiger partial charge in [0.15, 0.2) is 5.78 Å². The van der Waals surface area contributed by atoms with E-state index >= 15 is 0 Å². The molecule has 1 aromatic carbocycles. The number of carbonyl (C=O) groups excluding carboxylic acids is 1. The summed E-state index contributed by atoms with van der Waals surface area (Å²) in [5.74, 6) is 0.985. The number of allylic oxidation sites excluding steroid dienone is 1. The lowest BCUT2D eigenvalue weighted by Crippen LogP contribution is -2.22. The third-order valence-electron chi connectivity index (χ3n) is 3.57. The van der Waals surface area contributed by atoms with Crippen LogP contribution in [0, 0.1) is 6.92 Å². The first-order valence-electron chi connectivity index (χ1n) is 7.46. The summed E-state index contributed by atoms with van der Waals surface area (Å²) in [7, 11) is 1.63. The number of methoxy groups -OCH3 is 1. The number of ketones is 1. The number of aryl methyl sites for hydroxylation is 1. The fourth-order valence-corrected chi connectivity index (χ4v) is 2.73. The number of hydrogen-bond donors (Lipinski definition) is 2. The number of halogens is 1. The van der Waals surface area contributed by atoms with Crippen molar-refractivity contribution < 1.29 is 9.53 Å². The fourth-order valence-electron chi connectivity index (χ4n) is 2.27. The van der Waals surface area contributed by atoms with Crippen LogP contribution in [0.3, 0.4) is 0 Å². The number of nitrogens with one attached hydrogen (secondary N) is 1. The molecule has 0 saturated carbocycles. The lowest BCUT2D eigenvalue weighted by Gasteiger charge is -2.18. The first-order chi connectivity index (χ1) is 11.5. The predicted molar refractivity (Wildman–Crippen MR) is 98.7 cm³/mol. The van der Waals surface area contributed by atoms with Crippen LogP contribution in [0.1, 0.15) is 23.6 Å². The van der Waals surface area contributed by atoms with Gasteiger partial charge in [0.2, 0.25) is 0 Å². The topological polar surface area (TPSA) is 77.2 Å². The summed E-state index contributed by atoms with van der Waals surface area (Å²) in [6.45, 7) is 1.98. The van der Waals surface area contributed by atoms with Gasteiger partial charge < -0.3 is 15.8 Å². The zero-order valence-electron chi connectivity index (χ0n) is 13.6. The van der Waals surface area contributed by atoms with E-state index in [9.17, 15) is 4.79 Å². The monoisotopic (exact) mass is 389 g/mol. The van der Waals surface area contributed by atoms with E-state index in [1.54, 1.807) is 37.8 Å². The van der Waals surface area contributed by atoms with Crippen molar-refractivity contribution in [2.24, 2.45) is 0 Å². The van der Waals surface area contributed by atoms with Gasteiger partial charge in [0.1, 0.15) is 5.75 Å². The Hall–Kier alpha value is -2.34. The molecule has 1 unspecified atom stereocenters. The van der Waals surface area contributed by atoms with Crippen LogP contribution in [-0.4, -0.2) is 17.9 Å². The van der Waals surface area contributed by atoms with Gasteiger partial charge in [-0.15, -0.1) is 0 Å². The third-order valence-corrected chi connectivity index (χ3v) is 4.26. The van der Waals surface area contributed by atoms with Crippen molar-refractivity contribution in [2.45, 2.75) is 19.4 Å². The van der Waals surface area contributed by atoms with Gasteiger partial charge in [-0.1, -0.05) is 6.07 Å². The quantitative estimate of drug-likeness (QED) is 0.767. The van der Waals surface area contributed by atoms with Gasteiger partial charge in [0.25, 0.3) is 0 Å². The maximum Gasteiger partial charge on any atom is 0.159 e. The highest BCUT2D eigenvalue weighted by Crippen LogP contribution is 2.28. The summed E-state index contributed by atoms with van der Waals surface area (Å²) < 4.78 is 5.99. The Morgan fingerprint density at radius 2 is 2.21 bits per heavy atom. The second kappa shape index (κ2) is 8.49. The van der Waals surface area contributed by atoms with E-state index < -0.39 is 0 Å². The van der Waals surface area contributed by atoms with Crippen molar-refractivity contribution in [3.8, 4) is 5.75 Å². The predicted octanol–water partition coefficient (Wildman–Crippen LogP) is 3.55. The van der Waals surface area contributed by atoms with E-state index in [0.29, 0.717) is 12.1 Å². The number of aromatic nitrogens is 1. The minimum atomic E-state index is 0.0891. The second-order valence-electron chi connectivity index (χ2n) is 5.35. The maximum absolute atomic E-state index is 11.1.